The van der Waals surface area contributed by atoms with Gasteiger partial charge in [0.1, 0.15) is 5.52 Å². The third kappa shape index (κ3) is 1.31. The molecule has 0 saturated carbocycles. The minimum atomic E-state index is 0.689. The van der Waals surface area contributed by atoms with Crippen LogP contribution in [0.2, 0.25) is 5.02 Å². The van der Waals surface area contributed by atoms with E-state index < -0.39 is 0 Å². The SMILES string of the molecule is Cc1nn(-c2cccc(Cl)c2)c2nc[nH]c12. The lowest BCUT2D eigenvalue weighted by Crippen LogP contribution is -1.96. The predicted octanol–water partition coefficient (Wildman–Crippen LogP) is 2.71. The highest BCUT2D eigenvalue weighted by Crippen LogP contribution is 2.20. The Kier molecular flexibility index (Phi) is 1.97. The maximum atomic E-state index is 5.96. The first-order chi connectivity index (χ1) is 7.75. The number of imidazole rings is 1. The summed E-state index contributed by atoms with van der Waals surface area (Å²) in [6, 6.07) is 7.55. The molecule has 80 valence electrons. The van der Waals surface area contributed by atoms with Gasteiger partial charge >= 0.3 is 0 Å². The second kappa shape index (κ2) is 3.35. The van der Waals surface area contributed by atoms with Crippen LogP contribution in [0.1, 0.15) is 5.69 Å². The van der Waals surface area contributed by atoms with Crippen LogP contribution in [0, 0.1) is 6.92 Å². The molecule has 0 spiro atoms. The van der Waals surface area contributed by atoms with Gasteiger partial charge in [-0.3, -0.25) is 0 Å². The first kappa shape index (κ1) is 9.42. The molecule has 0 fully saturated rings. The molecule has 0 saturated heterocycles. The smallest absolute Gasteiger partial charge is 0.181 e. The molecule has 16 heavy (non-hydrogen) atoms. The zero-order valence-corrected chi connectivity index (χ0v) is 9.36. The molecule has 1 N–H and O–H groups in total. The van der Waals surface area contributed by atoms with Gasteiger partial charge in [-0.15, -0.1) is 0 Å². The van der Waals surface area contributed by atoms with Crippen molar-refractivity contribution in [1.82, 2.24) is 19.7 Å². The van der Waals surface area contributed by atoms with Crippen molar-refractivity contribution in [3.63, 3.8) is 0 Å². The van der Waals surface area contributed by atoms with E-state index in [1.54, 1.807) is 11.0 Å². The molecule has 0 aliphatic heterocycles. The number of fused-ring (bicyclic) bond motifs is 1. The maximum Gasteiger partial charge on any atom is 0.181 e. The summed E-state index contributed by atoms with van der Waals surface area (Å²) >= 11 is 5.96. The second-order valence-electron chi connectivity index (χ2n) is 3.58. The lowest BCUT2D eigenvalue weighted by atomic mass is 10.3. The molecule has 0 aliphatic carbocycles. The molecule has 0 radical (unpaired) electrons. The fraction of sp³-hybridized carbons (Fsp3) is 0.0909. The highest BCUT2D eigenvalue weighted by atomic mass is 35.5. The van der Waals surface area contributed by atoms with Crippen LogP contribution in [-0.4, -0.2) is 19.7 Å². The number of H-pyrrole nitrogens is 1. The molecule has 0 bridgehead atoms. The highest BCUT2D eigenvalue weighted by Gasteiger charge is 2.10. The minimum absolute atomic E-state index is 0.689. The number of rotatable bonds is 1. The summed E-state index contributed by atoms with van der Waals surface area (Å²) in [6.45, 7) is 1.95. The summed E-state index contributed by atoms with van der Waals surface area (Å²) in [4.78, 5) is 7.31. The van der Waals surface area contributed by atoms with E-state index >= 15 is 0 Å². The van der Waals surface area contributed by atoms with E-state index in [0.29, 0.717) is 5.02 Å². The average Bonchev–Trinajstić information content (AvgIpc) is 2.83. The number of aromatic amines is 1. The Labute approximate surface area is 96.9 Å². The van der Waals surface area contributed by atoms with Crippen LogP contribution < -0.4 is 0 Å². The van der Waals surface area contributed by atoms with Crippen molar-refractivity contribution in [2.24, 2.45) is 0 Å². The van der Waals surface area contributed by atoms with Gasteiger partial charge in [0, 0.05) is 5.02 Å². The fourth-order valence-corrected chi connectivity index (χ4v) is 1.93. The molecule has 5 heteroatoms. The summed E-state index contributed by atoms with van der Waals surface area (Å²) in [5, 5.41) is 5.11. The van der Waals surface area contributed by atoms with Crippen LogP contribution in [0.3, 0.4) is 0 Å². The molecular weight excluding hydrogens is 224 g/mol. The predicted molar refractivity (Wildman–Crippen MR) is 63.0 cm³/mol. The van der Waals surface area contributed by atoms with Crippen LogP contribution in [0.15, 0.2) is 30.6 Å². The molecule has 2 aromatic heterocycles. The van der Waals surface area contributed by atoms with E-state index in [9.17, 15) is 0 Å². The largest absolute Gasteiger partial charge is 0.342 e. The summed E-state index contributed by atoms with van der Waals surface area (Å²) in [5.74, 6) is 0. The van der Waals surface area contributed by atoms with Crippen LogP contribution in [0.25, 0.3) is 16.9 Å². The highest BCUT2D eigenvalue weighted by molar-refractivity contribution is 6.30. The lowest BCUT2D eigenvalue weighted by molar-refractivity contribution is 0.875. The monoisotopic (exact) mass is 232 g/mol. The number of benzene rings is 1. The number of hydrogen-bond acceptors (Lipinski definition) is 2. The Bertz CT molecular complexity index is 653. The van der Waals surface area contributed by atoms with Gasteiger partial charge in [-0.25, -0.2) is 9.67 Å². The van der Waals surface area contributed by atoms with E-state index in [0.717, 1.165) is 22.5 Å². The lowest BCUT2D eigenvalue weighted by Gasteiger charge is -2.01. The standard InChI is InChI=1S/C11H9ClN4/c1-7-10-11(14-6-13-10)16(15-7)9-4-2-3-8(12)5-9/h2-6H,1H3,(H,13,14). The van der Waals surface area contributed by atoms with E-state index in [2.05, 4.69) is 15.1 Å². The minimum Gasteiger partial charge on any atom is -0.342 e. The molecule has 0 aliphatic rings. The number of nitrogens with one attached hydrogen (secondary N) is 1. The Hall–Kier alpha value is -1.81. The summed E-state index contributed by atoms with van der Waals surface area (Å²) < 4.78 is 1.78. The van der Waals surface area contributed by atoms with Crippen molar-refractivity contribution >= 4 is 22.8 Å². The topological polar surface area (TPSA) is 46.5 Å². The van der Waals surface area contributed by atoms with Crippen molar-refractivity contribution < 1.29 is 0 Å². The molecule has 0 amide bonds. The Morgan fingerprint density at radius 3 is 3.06 bits per heavy atom. The normalized spacial score (nSPS) is 11.1. The van der Waals surface area contributed by atoms with Crippen LogP contribution in [-0.2, 0) is 0 Å². The number of aromatic nitrogens is 4. The fourth-order valence-electron chi connectivity index (χ4n) is 1.75. The first-order valence-corrected chi connectivity index (χ1v) is 5.28. The van der Waals surface area contributed by atoms with Gasteiger partial charge in [-0.1, -0.05) is 17.7 Å². The Morgan fingerprint density at radius 2 is 2.25 bits per heavy atom. The van der Waals surface area contributed by atoms with E-state index in [1.165, 1.54) is 0 Å². The van der Waals surface area contributed by atoms with Crippen molar-refractivity contribution in [2.45, 2.75) is 6.92 Å². The molecular formula is C11H9ClN4. The van der Waals surface area contributed by atoms with Crippen molar-refractivity contribution in [1.29, 1.82) is 0 Å². The summed E-state index contributed by atoms with van der Waals surface area (Å²) in [7, 11) is 0. The summed E-state index contributed by atoms with van der Waals surface area (Å²) in [5.41, 5.74) is 3.62. The third-order valence-corrected chi connectivity index (χ3v) is 2.72. The molecule has 0 unspecified atom stereocenters. The molecule has 3 aromatic rings. The van der Waals surface area contributed by atoms with E-state index in [4.69, 9.17) is 11.6 Å². The van der Waals surface area contributed by atoms with Crippen LogP contribution in [0.4, 0.5) is 0 Å². The van der Waals surface area contributed by atoms with Crippen molar-refractivity contribution in [3.05, 3.63) is 41.3 Å². The molecule has 4 nitrogen and oxygen atoms in total. The van der Waals surface area contributed by atoms with Gasteiger partial charge in [0.2, 0.25) is 0 Å². The quantitative estimate of drug-likeness (QED) is 0.701. The van der Waals surface area contributed by atoms with Gasteiger partial charge in [-0.2, -0.15) is 5.10 Å². The van der Waals surface area contributed by atoms with Gasteiger partial charge in [0.05, 0.1) is 17.7 Å². The molecule has 2 heterocycles. The number of halogens is 1. The molecule has 1 aromatic carbocycles. The van der Waals surface area contributed by atoms with E-state index in [1.807, 2.05) is 31.2 Å². The van der Waals surface area contributed by atoms with Gasteiger partial charge in [-0.05, 0) is 25.1 Å². The Balaban J connectivity index is 2.29. The summed E-state index contributed by atoms with van der Waals surface area (Å²) in [6.07, 6.45) is 1.67. The van der Waals surface area contributed by atoms with Crippen molar-refractivity contribution in [3.8, 4) is 5.69 Å². The molecule has 0 atom stereocenters. The van der Waals surface area contributed by atoms with Crippen LogP contribution in [0.5, 0.6) is 0 Å². The van der Waals surface area contributed by atoms with Gasteiger partial charge in [0.25, 0.3) is 0 Å². The van der Waals surface area contributed by atoms with Crippen molar-refractivity contribution in [2.75, 3.05) is 0 Å². The Morgan fingerprint density at radius 1 is 1.38 bits per heavy atom. The van der Waals surface area contributed by atoms with Gasteiger partial charge < -0.3 is 4.98 Å². The third-order valence-electron chi connectivity index (χ3n) is 2.48. The van der Waals surface area contributed by atoms with Gasteiger partial charge in [0.15, 0.2) is 5.65 Å². The number of hydrogen-bond donors (Lipinski definition) is 1. The maximum absolute atomic E-state index is 5.96. The number of aryl methyl sites for hydroxylation is 1. The van der Waals surface area contributed by atoms with Crippen LogP contribution >= 0.6 is 11.6 Å². The average molecular weight is 233 g/mol. The zero-order chi connectivity index (χ0) is 11.1. The molecule has 3 rings (SSSR count). The second-order valence-corrected chi connectivity index (χ2v) is 4.01. The number of nitrogens with zero attached hydrogens (tertiary/aromatic N) is 3. The zero-order valence-electron chi connectivity index (χ0n) is 8.61. The first-order valence-electron chi connectivity index (χ1n) is 4.90. The van der Waals surface area contributed by atoms with E-state index in [-0.39, 0.29) is 0 Å².